The number of nitrogens with zero attached hydrogens (tertiary/aromatic N) is 1. The van der Waals surface area contributed by atoms with Gasteiger partial charge in [-0.2, -0.15) is 0 Å². The molecule has 1 aliphatic rings. The Morgan fingerprint density at radius 2 is 2.17 bits per heavy atom. The van der Waals surface area contributed by atoms with Crippen LogP contribution in [0.4, 0.5) is 0 Å². The number of hydrogen-bond acceptors (Lipinski definition) is 2. The Labute approximate surface area is 119 Å². The zero-order valence-corrected chi connectivity index (χ0v) is 12.1. The Morgan fingerprint density at radius 1 is 1.44 bits per heavy atom. The van der Waals surface area contributed by atoms with Gasteiger partial charge in [0.2, 0.25) is 0 Å². The molecule has 1 aromatic carbocycles. The fourth-order valence-electron chi connectivity index (χ4n) is 2.34. The molecule has 18 heavy (non-hydrogen) atoms. The first-order valence-corrected chi connectivity index (χ1v) is 6.88. The number of halogens is 1. The minimum atomic E-state index is -0.819. The molecule has 1 amide bonds. The van der Waals surface area contributed by atoms with Gasteiger partial charge in [0.05, 0.1) is 5.92 Å². The third-order valence-corrected chi connectivity index (χ3v) is 4.08. The summed E-state index contributed by atoms with van der Waals surface area (Å²) in [7, 11) is 0. The number of carbonyl (C=O) groups is 2. The van der Waals surface area contributed by atoms with Crippen molar-refractivity contribution in [2.75, 3.05) is 6.54 Å². The highest BCUT2D eigenvalue weighted by molar-refractivity contribution is 14.1. The van der Waals surface area contributed by atoms with Gasteiger partial charge in [0.15, 0.2) is 0 Å². The molecule has 2 unspecified atom stereocenters. The van der Waals surface area contributed by atoms with Crippen molar-refractivity contribution in [3.05, 3.63) is 33.4 Å². The smallest absolute Gasteiger partial charge is 0.308 e. The van der Waals surface area contributed by atoms with Gasteiger partial charge in [0.25, 0.3) is 5.91 Å². The fraction of sp³-hybridized carbons (Fsp3) is 0.385. The number of hydrogen-bond donors (Lipinski definition) is 1. The van der Waals surface area contributed by atoms with E-state index < -0.39 is 11.9 Å². The lowest BCUT2D eigenvalue weighted by Gasteiger charge is -2.23. The van der Waals surface area contributed by atoms with E-state index in [2.05, 4.69) is 22.6 Å². The van der Waals surface area contributed by atoms with Gasteiger partial charge < -0.3 is 10.0 Å². The van der Waals surface area contributed by atoms with Gasteiger partial charge in [-0.15, -0.1) is 0 Å². The van der Waals surface area contributed by atoms with Crippen LogP contribution in [0, 0.1) is 9.49 Å². The summed E-state index contributed by atoms with van der Waals surface area (Å²) in [6, 6.07) is 7.11. The van der Waals surface area contributed by atoms with Crippen LogP contribution in [-0.2, 0) is 4.79 Å². The van der Waals surface area contributed by atoms with Crippen molar-refractivity contribution in [1.82, 2.24) is 4.90 Å². The van der Waals surface area contributed by atoms with Crippen LogP contribution < -0.4 is 0 Å². The summed E-state index contributed by atoms with van der Waals surface area (Å²) in [4.78, 5) is 25.0. The number of amides is 1. The highest BCUT2D eigenvalue weighted by Crippen LogP contribution is 2.26. The summed E-state index contributed by atoms with van der Waals surface area (Å²) in [5.41, 5.74) is 0.625. The number of benzene rings is 1. The maximum atomic E-state index is 12.3. The molecule has 2 atom stereocenters. The van der Waals surface area contributed by atoms with E-state index in [9.17, 15) is 9.59 Å². The van der Waals surface area contributed by atoms with Gasteiger partial charge in [-0.25, -0.2) is 0 Å². The summed E-state index contributed by atoms with van der Waals surface area (Å²) in [6.45, 7) is 2.32. The van der Waals surface area contributed by atoms with Crippen molar-refractivity contribution in [1.29, 1.82) is 0 Å². The minimum absolute atomic E-state index is 0.0789. The van der Waals surface area contributed by atoms with E-state index in [4.69, 9.17) is 5.11 Å². The van der Waals surface area contributed by atoms with Gasteiger partial charge in [0, 0.05) is 21.7 Å². The Balaban J connectivity index is 2.18. The number of rotatable bonds is 2. The first-order valence-electron chi connectivity index (χ1n) is 5.80. The van der Waals surface area contributed by atoms with Gasteiger partial charge in [-0.1, -0.05) is 6.07 Å². The molecule has 1 saturated heterocycles. The molecular weight excluding hydrogens is 345 g/mol. The molecule has 0 bridgehead atoms. The molecule has 0 radical (unpaired) electrons. The van der Waals surface area contributed by atoms with E-state index in [-0.39, 0.29) is 11.9 Å². The summed E-state index contributed by atoms with van der Waals surface area (Å²) < 4.78 is 1.00. The fourth-order valence-corrected chi connectivity index (χ4v) is 2.89. The number of carboxylic acid groups (broad SMARTS) is 1. The molecule has 0 aliphatic carbocycles. The molecule has 96 valence electrons. The third kappa shape index (κ3) is 2.50. The van der Waals surface area contributed by atoms with Crippen molar-refractivity contribution in [2.24, 2.45) is 5.92 Å². The molecule has 1 heterocycles. The third-order valence-electron chi connectivity index (χ3n) is 3.40. The van der Waals surface area contributed by atoms with Crippen molar-refractivity contribution < 1.29 is 14.7 Å². The zero-order valence-electron chi connectivity index (χ0n) is 9.97. The van der Waals surface area contributed by atoms with Gasteiger partial charge in [-0.05, 0) is 54.1 Å². The average molecular weight is 359 g/mol. The number of carbonyl (C=O) groups excluding carboxylic acids is 1. The quantitative estimate of drug-likeness (QED) is 0.824. The normalized spacial score (nSPS) is 23.1. The molecule has 2 rings (SSSR count). The zero-order chi connectivity index (χ0) is 13.3. The molecule has 5 heteroatoms. The average Bonchev–Trinajstić information content (AvgIpc) is 2.70. The minimum Gasteiger partial charge on any atom is -0.481 e. The van der Waals surface area contributed by atoms with Crippen LogP contribution in [0.1, 0.15) is 23.7 Å². The van der Waals surface area contributed by atoms with Crippen LogP contribution in [0.3, 0.4) is 0 Å². The molecule has 4 nitrogen and oxygen atoms in total. The van der Waals surface area contributed by atoms with Gasteiger partial charge in [0.1, 0.15) is 0 Å². The molecule has 1 fully saturated rings. The van der Waals surface area contributed by atoms with E-state index in [0.717, 1.165) is 3.57 Å². The Kier molecular flexibility index (Phi) is 3.89. The second kappa shape index (κ2) is 5.26. The molecule has 1 aromatic rings. The van der Waals surface area contributed by atoms with Gasteiger partial charge >= 0.3 is 5.97 Å². The number of carboxylic acids is 1. The second-order valence-corrected chi connectivity index (χ2v) is 5.73. The second-order valence-electron chi connectivity index (χ2n) is 4.48. The predicted octanol–water partition coefficient (Wildman–Crippen LogP) is 2.23. The lowest BCUT2D eigenvalue weighted by Crippen LogP contribution is -2.37. The maximum absolute atomic E-state index is 12.3. The molecule has 0 saturated carbocycles. The SMILES string of the molecule is CC1C(C(=O)O)CCN1C(=O)c1cccc(I)c1. The molecule has 0 aromatic heterocycles. The van der Waals surface area contributed by atoms with E-state index in [1.54, 1.807) is 17.9 Å². The summed E-state index contributed by atoms with van der Waals surface area (Å²) in [5.74, 6) is -1.35. The van der Waals surface area contributed by atoms with Crippen molar-refractivity contribution in [2.45, 2.75) is 19.4 Å². The standard InChI is InChI=1S/C13H14INO3/c1-8-11(13(17)18)5-6-15(8)12(16)9-3-2-4-10(14)7-9/h2-4,7-8,11H,5-6H2,1H3,(H,17,18). The summed E-state index contributed by atoms with van der Waals surface area (Å²) in [5, 5.41) is 9.06. The van der Waals surface area contributed by atoms with E-state index in [1.165, 1.54) is 0 Å². The number of likely N-dealkylation sites (tertiary alicyclic amines) is 1. The van der Waals surface area contributed by atoms with Crippen molar-refractivity contribution in [3.63, 3.8) is 0 Å². The van der Waals surface area contributed by atoms with Gasteiger partial charge in [-0.3, -0.25) is 9.59 Å². The Morgan fingerprint density at radius 3 is 2.72 bits per heavy atom. The summed E-state index contributed by atoms with van der Waals surface area (Å²) >= 11 is 2.16. The van der Waals surface area contributed by atoms with Crippen molar-refractivity contribution in [3.8, 4) is 0 Å². The highest BCUT2D eigenvalue weighted by Gasteiger charge is 2.38. The first kappa shape index (κ1) is 13.3. The van der Waals surface area contributed by atoms with E-state index in [1.807, 2.05) is 18.2 Å². The first-order chi connectivity index (χ1) is 8.50. The highest BCUT2D eigenvalue weighted by atomic mass is 127. The van der Waals surface area contributed by atoms with Crippen LogP contribution >= 0.6 is 22.6 Å². The Hall–Kier alpha value is -1.11. The maximum Gasteiger partial charge on any atom is 0.308 e. The van der Waals surface area contributed by atoms with Crippen LogP contribution in [-0.4, -0.2) is 34.5 Å². The Bertz CT molecular complexity index is 489. The van der Waals surface area contributed by atoms with Crippen LogP contribution in [0.15, 0.2) is 24.3 Å². The molecular formula is C13H14INO3. The topological polar surface area (TPSA) is 57.6 Å². The van der Waals surface area contributed by atoms with Crippen LogP contribution in [0.5, 0.6) is 0 Å². The summed E-state index contributed by atoms with van der Waals surface area (Å²) in [6.07, 6.45) is 0.534. The van der Waals surface area contributed by atoms with Crippen LogP contribution in [0.2, 0.25) is 0 Å². The van der Waals surface area contributed by atoms with E-state index in [0.29, 0.717) is 18.5 Å². The molecule has 1 aliphatic heterocycles. The van der Waals surface area contributed by atoms with E-state index >= 15 is 0 Å². The number of aliphatic carboxylic acids is 1. The monoisotopic (exact) mass is 359 g/mol. The lowest BCUT2D eigenvalue weighted by molar-refractivity contribution is -0.142. The molecule has 1 N–H and O–H groups in total. The van der Waals surface area contributed by atoms with Crippen LogP contribution in [0.25, 0.3) is 0 Å². The van der Waals surface area contributed by atoms with Crippen molar-refractivity contribution >= 4 is 34.5 Å². The lowest BCUT2D eigenvalue weighted by atomic mass is 10.0. The predicted molar refractivity (Wildman–Crippen MR) is 75.4 cm³/mol. The molecule has 0 spiro atoms. The largest absolute Gasteiger partial charge is 0.481 e.